The van der Waals surface area contributed by atoms with Crippen molar-refractivity contribution >= 4 is 23.4 Å². The van der Waals surface area contributed by atoms with Gasteiger partial charge in [0.15, 0.2) is 0 Å². The SMILES string of the molecule is C1CCC(NC2CCCCC2)CC1.CC(C)(C)OC(=O)N[C@H](Cc1ccsc1)C(=O)O. The van der Waals surface area contributed by atoms with Crippen LogP contribution in [0.2, 0.25) is 0 Å². The molecule has 0 aromatic carbocycles. The van der Waals surface area contributed by atoms with Crippen molar-refractivity contribution in [2.75, 3.05) is 0 Å². The lowest BCUT2D eigenvalue weighted by Crippen LogP contribution is -2.44. The third kappa shape index (κ3) is 11.0. The molecule has 1 aromatic heterocycles. The van der Waals surface area contributed by atoms with E-state index in [4.69, 9.17) is 9.84 Å². The zero-order valence-electron chi connectivity index (χ0n) is 19.3. The lowest BCUT2D eigenvalue weighted by atomic mass is 9.91. The summed E-state index contributed by atoms with van der Waals surface area (Å²) >= 11 is 1.49. The van der Waals surface area contributed by atoms with Gasteiger partial charge in [0.25, 0.3) is 0 Å². The quantitative estimate of drug-likeness (QED) is 0.530. The Morgan fingerprint density at radius 2 is 1.61 bits per heavy atom. The highest BCUT2D eigenvalue weighted by Crippen LogP contribution is 2.22. The molecule has 0 spiro atoms. The van der Waals surface area contributed by atoms with Gasteiger partial charge < -0.3 is 20.5 Å². The molecule has 0 aliphatic heterocycles. The molecule has 2 aliphatic rings. The molecule has 0 radical (unpaired) electrons. The summed E-state index contributed by atoms with van der Waals surface area (Å²) in [5.74, 6) is -1.08. The molecule has 1 atom stereocenters. The van der Waals surface area contributed by atoms with Gasteiger partial charge in [-0.2, -0.15) is 11.3 Å². The lowest BCUT2D eigenvalue weighted by Gasteiger charge is -2.30. The predicted molar refractivity (Wildman–Crippen MR) is 126 cm³/mol. The van der Waals surface area contributed by atoms with E-state index in [-0.39, 0.29) is 6.42 Å². The van der Waals surface area contributed by atoms with Gasteiger partial charge in [0.1, 0.15) is 11.6 Å². The minimum absolute atomic E-state index is 0.248. The molecule has 1 heterocycles. The molecule has 6 nitrogen and oxygen atoms in total. The van der Waals surface area contributed by atoms with E-state index >= 15 is 0 Å². The molecule has 2 saturated carbocycles. The van der Waals surface area contributed by atoms with Crippen LogP contribution in [0.5, 0.6) is 0 Å². The number of carboxylic acid groups (broad SMARTS) is 1. The van der Waals surface area contributed by atoms with E-state index in [0.29, 0.717) is 0 Å². The van der Waals surface area contributed by atoms with Crippen LogP contribution >= 0.6 is 11.3 Å². The smallest absolute Gasteiger partial charge is 0.408 e. The maximum absolute atomic E-state index is 11.5. The first-order chi connectivity index (χ1) is 14.7. The molecule has 0 bridgehead atoms. The molecule has 176 valence electrons. The third-order valence-electron chi connectivity index (χ3n) is 5.69. The first kappa shape index (κ1) is 25.7. The molecule has 0 saturated heterocycles. The molecular weight excluding hydrogens is 412 g/mol. The number of nitrogens with one attached hydrogen (secondary N) is 2. The first-order valence-corrected chi connectivity index (χ1v) is 12.7. The Hall–Kier alpha value is -1.60. The van der Waals surface area contributed by atoms with Crippen molar-refractivity contribution in [3.8, 4) is 0 Å². The van der Waals surface area contributed by atoms with Crippen molar-refractivity contribution in [1.29, 1.82) is 0 Å². The summed E-state index contributed by atoms with van der Waals surface area (Å²) < 4.78 is 5.03. The van der Waals surface area contributed by atoms with E-state index in [2.05, 4.69) is 10.6 Å². The van der Waals surface area contributed by atoms with E-state index in [1.165, 1.54) is 75.5 Å². The van der Waals surface area contributed by atoms with Gasteiger partial charge in [-0.1, -0.05) is 38.5 Å². The van der Waals surface area contributed by atoms with Crippen LogP contribution in [-0.2, 0) is 16.0 Å². The molecule has 3 rings (SSSR count). The number of carbonyl (C=O) groups is 2. The number of alkyl carbamates (subject to hydrolysis) is 1. The predicted octanol–water partition coefficient (Wildman–Crippen LogP) is 5.51. The normalized spacial score (nSPS) is 19.1. The average Bonchev–Trinajstić information content (AvgIpc) is 3.21. The zero-order chi connectivity index (χ0) is 22.7. The van der Waals surface area contributed by atoms with Gasteiger partial charge in [-0.15, -0.1) is 0 Å². The summed E-state index contributed by atoms with van der Waals surface area (Å²) in [6.45, 7) is 5.17. The highest BCUT2D eigenvalue weighted by atomic mass is 32.1. The minimum atomic E-state index is -1.08. The number of ether oxygens (including phenoxy) is 1. The van der Waals surface area contributed by atoms with Crippen LogP contribution in [0.15, 0.2) is 16.8 Å². The van der Waals surface area contributed by atoms with Crippen molar-refractivity contribution < 1.29 is 19.4 Å². The molecule has 2 aliphatic carbocycles. The van der Waals surface area contributed by atoms with Crippen molar-refractivity contribution in [3.05, 3.63) is 22.4 Å². The number of hydrogen-bond donors (Lipinski definition) is 3. The van der Waals surface area contributed by atoms with Crippen molar-refractivity contribution in [3.63, 3.8) is 0 Å². The van der Waals surface area contributed by atoms with Crippen LogP contribution in [0.1, 0.15) is 90.5 Å². The molecule has 3 N–H and O–H groups in total. The zero-order valence-corrected chi connectivity index (χ0v) is 20.1. The largest absolute Gasteiger partial charge is 0.480 e. The molecular formula is C24H40N2O4S. The van der Waals surface area contributed by atoms with Crippen LogP contribution in [0, 0.1) is 0 Å². The fourth-order valence-corrected chi connectivity index (χ4v) is 4.85. The molecule has 0 unspecified atom stereocenters. The van der Waals surface area contributed by atoms with Crippen LogP contribution < -0.4 is 10.6 Å². The van der Waals surface area contributed by atoms with Crippen LogP contribution in [0.25, 0.3) is 0 Å². The van der Waals surface area contributed by atoms with Crippen LogP contribution in [0.3, 0.4) is 0 Å². The highest BCUT2D eigenvalue weighted by molar-refractivity contribution is 7.07. The monoisotopic (exact) mass is 452 g/mol. The average molecular weight is 453 g/mol. The number of aliphatic carboxylic acids is 1. The van der Waals surface area contributed by atoms with E-state index in [1.54, 1.807) is 20.8 Å². The minimum Gasteiger partial charge on any atom is -0.480 e. The standard InChI is InChI=1S/C12H17NO4S.C12H23N/c1-12(2,3)17-11(16)13-9(10(14)15)6-8-4-5-18-7-8;1-3-7-11(8-4-1)13-12-9-5-2-6-10-12/h4-5,7,9H,6H2,1-3H3,(H,13,16)(H,14,15);11-13H,1-10H2/t9-;/m1./s1. The van der Waals surface area contributed by atoms with Crippen molar-refractivity contribution in [2.45, 2.75) is 115 Å². The Labute approximate surface area is 191 Å². The molecule has 2 fully saturated rings. The number of thiophene rings is 1. The van der Waals surface area contributed by atoms with Gasteiger partial charge in [-0.25, -0.2) is 9.59 Å². The highest BCUT2D eigenvalue weighted by Gasteiger charge is 2.24. The number of amides is 1. The first-order valence-electron chi connectivity index (χ1n) is 11.7. The molecule has 31 heavy (non-hydrogen) atoms. The summed E-state index contributed by atoms with van der Waals surface area (Å²) in [4.78, 5) is 22.6. The van der Waals surface area contributed by atoms with Gasteiger partial charge in [0.2, 0.25) is 0 Å². The van der Waals surface area contributed by atoms with Gasteiger partial charge in [-0.05, 0) is 68.8 Å². The summed E-state index contributed by atoms with van der Waals surface area (Å²) in [6.07, 6.45) is 14.1. The number of carbonyl (C=O) groups excluding carboxylic acids is 1. The van der Waals surface area contributed by atoms with E-state index in [0.717, 1.165) is 17.6 Å². The third-order valence-corrected chi connectivity index (χ3v) is 6.42. The Kier molecular flexibility index (Phi) is 10.8. The van der Waals surface area contributed by atoms with Gasteiger partial charge in [0.05, 0.1) is 0 Å². The molecule has 1 aromatic rings. The Bertz CT molecular complexity index is 629. The maximum atomic E-state index is 11.5. The Morgan fingerprint density at radius 1 is 1.06 bits per heavy atom. The number of rotatable bonds is 6. The van der Waals surface area contributed by atoms with E-state index in [9.17, 15) is 9.59 Å². The summed E-state index contributed by atoms with van der Waals surface area (Å²) in [5, 5.41) is 19.0. The lowest BCUT2D eigenvalue weighted by molar-refractivity contribution is -0.139. The van der Waals surface area contributed by atoms with Crippen LogP contribution in [-0.4, -0.2) is 40.9 Å². The van der Waals surface area contributed by atoms with Crippen molar-refractivity contribution in [2.24, 2.45) is 0 Å². The van der Waals surface area contributed by atoms with Gasteiger partial charge in [0, 0.05) is 18.5 Å². The molecule has 7 heteroatoms. The maximum Gasteiger partial charge on any atom is 0.408 e. The summed E-state index contributed by atoms with van der Waals surface area (Å²) in [7, 11) is 0. The number of hydrogen-bond acceptors (Lipinski definition) is 5. The summed E-state index contributed by atoms with van der Waals surface area (Å²) in [5.41, 5.74) is 0.235. The second-order valence-corrected chi connectivity index (χ2v) is 10.5. The van der Waals surface area contributed by atoms with Gasteiger partial charge >= 0.3 is 12.1 Å². The fraction of sp³-hybridized carbons (Fsp3) is 0.750. The number of carboxylic acids is 1. The molecule has 1 amide bonds. The second kappa shape index (κ2) is 13.1. The topological polar surface area (TPSA) is 87.7 Å². The second-order valence-electron chi connectivity index (χ2n) is 9.71. The van der Waals surface area contributed by atoms with Crippen molar-refractivity contribution in [1.82, 2.24) is 10.6 Å². The van der Waals surface area contributed by atoms with E-state index in [1.807, 2.05) is 16.8 Å². The van der Waals surface area contributed by atoms with E-state index < -0.39 is 23.7 Å². The van der Waals surface area contributed by atoms with Gasteiger partial charge in [-0.3, -0.25) is 0 Å². The fourth-order valence-electron chi connectivity index (χ4n) is 4.17. The van der Waals surface area contributed by atoms with Crippen LogP contribution in [0.4, 0.5) is 4.79 Å². The Balaban J connectivity index is 0.000000231. The summed E-state index contributed by atoms with van der Waals surface area (Å²) in [6, 6.07) is 2.60. The Morgan fingerprint density at radius 3 is 2.03 bits per heavy atom.